The number of carbonyl (C=O) groups is 1. The first-order chi connectivity index (χ1) is 17.5. The fourth-order valence-corrected chi connectivity index (χ4v) is 5.12. The van der Waals surface area contributed by atoms with Crippen molar-refractivity contribution in [1.82, 2.24) is 4.90 Å². The van der Waals surface area contributed by atoms with E-state index in [0.29, 0.717) is 22.6 Å². The predicted octanol–water partition coefficient (Wildman–Crippen LogP) is 3.48. The number of hydrogen-bond acceptors (Lipinski definition) is 8. The maximum Gasteiger partial charge on any atom is 0.410 e. The minimum Gasteiger partial charge on any atom is -0.454 e. The van der Waals surface area contributed by atoms with Crippen molar-refractivity contribution in [3.8, 4) is 29.7 Å². The van der Waals surface area contributed by atoms with Crippen LogP contribution in [0.2, 0.25) is 0 Å². The highest BCUT2D eigenvalue weighted by atomic mass is 16.7. The van der Waals surface area contributed by atoms with E-state index >= 15 is 0 Å². The second-order valence-electron chi connectivity index (χ2n) is 8.73. The number of amides is 1. The maximum absolute atomic E-state index is 13.0. The summed E-state index contributed by atoms with van der Waals surface area (Å²) >= 11 is 0. The van der Waals surface area contributed by atoms with Gasteiger partial charge in [-0.15, -0.1) is 0 Å². The first-order valence-corrected chi connectivity index (χ1v) is 11.3. The molecule has 1 aliphatic carbocycles. The molecule has 2 aliphatic heterocycles. The minimum atomic E-state index is -1.82. The molecular weight excluding hydrogens is 458 g/mol. The number of benzene rings is 2. The van der Waals surface area contributed by atoms with Gasteiger partial charge in [0.05, 0.1) is 23.4 Å². The molecule has 9 nitrogen and oxygen atoms in total. The molecule has 0 saturated heterocycles. The molecule has 2 atom stereocenters. The van der Waals surface area contributed by atoms with Crippen LogP contribution >= 0.6 is 0 Å². The molecule has 2 aromatic rings. The van der Waals surface area contributed by atoms with Gasteiger partial charge in [0.15, 0.2) is 16.9 Å². The fourth-order valence-electron chi connectivity index (χ4n) is 5.12. The van der Waals surface area contributed by atoms with Crippen LogP contribution < -0.4 is 15.2 Å². The fraction of sp³-hybridized carbons (Fsp3) is 0.259. The van der Waals surface area contributed by atoms with E-state index < -0.39 is 23.3 Å². The SMILES string of the molecule is N#CC1=C(N)C(C#N)(C#N)[C@@H](c2ccc3c(c2)OCO3)[C@@H]2CN(C(=O)OCc3ccccc3)CC=C12. The molecular formula is C27H21N5O4. The molecule has 36 heavy (non-hydrogen) atoms. The number of allylic oxidation sites excluding steroid dienone is 2. The first kappa shape index (κ1) is 22.8. The van der Waals surface area contributed by atoms with Gasteiger partial charge in [-0.25, -0.2) is 4.79 Å². The third kappa shape index (κ3) is 3.57. The molecule has 9 heteroatoms. The van der Waals surface area contributed by atoms with Crippen molar-refractivity contribution in [3.05, 3.63) is 82.6 Å². The van der Waals surface area contributed by atoms with Gasteiger partial charge in [0.25, 0.3) is 0 Å². The summed E-state index contributed by atoms with van der Waals surface area (Å²) in [5, 5.41) is 30.4. The molecule has 0 unspecified atom stereocenters. The number of nitrogens with zero attached hydrogens (tertiary/aromatic N) is 4. The van der Waals surface area contributed by atoms with Crippen LogP contribution in [0.3, 0.4) is 0 Å². The largest absolute Gasteiger partial charge is 0.454 e. The van der Waals surface area contributed by atoms with Crippen molar-refractivity contribution in [2.75, 3.05) is 19.9 Å². The van der Waals surface area contributed by atoms with E-state index in [4.69, 9.17) is 19.9 Å². The van der Waals surface area contributed by atoms with Crippen molar-refractivity contribution in [1.29, 1.82) is 15.8 Å². The second kappa shape index (κ2) is 9.02. The summed E-state index contributed by atoms with van der Waals surface area (Å²) in [6.45, 7) is 0.529. The molecule has 0 fully saturated rings. The number of nitrogens with two attached hydrogens (primary N) is 1. The Morgan fingerprint density at radius 1 is 1.11 bits per heavy atom. The normalized spacial score (nSPS) is 21.4. The highest BCUT2D eigenvalue weighted by molar-refractivity contribution is 5.69. The first-order valence-electron chi connectivity index (χ1n) is 11.3. The summed E-state index contributed by atoms with van der Waals surface area (Å²) in [5.41, 5.74) is 6.65. The van der Waals surface area contributed by atoms with Gasteiger partial charge in [-0.1, -0.05) is 42.5 Å². The van der Waals surface area contributed by atoms with Gasteiger partial charge in [0.1, 0.15) is 12.7 Å². The molecule has 0 radical (unpaired) electrons. The van der Waals surface area contributed by atoms with E-state index in [-0.39, 0.29) is 37.8 Å². The monoisotopic (exact) mass is 479 g/mol. The molecule has 5 rings (SSSR count). The van der Waals surface area contributed by atoms with Gasteiger partial charge in [0.2, 0.25) is 6.79 Å². The Hall–Kier alpha value is -4.94. The standard InChI is InChI=1S/C27H21N5O4/c28-11-20-19-8-9-32(26(33)34-13-17-4-2-1-3-5-17)12-21(19)24(27(14-29,15-30)25(20)31)18-6-7-22-23(10-18)36-16-35-22/h1-8,10,21,24H,9,12-13,16,31H2/t21-,24+/m1/s1. The zero-order valence-corrected chi connectivity index (χ0v) is 19.2. The Balaban J connectivity index is 1.54. The van der Waals surface area contributed by atoms with Gasteiger partial charge >= 0.3 is 6.09 Å². The van der Waals surface area contributed by atoms with E-state index in [2.05, 4.69) is 18.2 Å². The van der Waals surface area contributed by atoms with E-state index in [9.17, 15) is 20.6 Å². The minimum absolute atomic E-state index is 0.0708. The number of carbonyl (C=O) groups excluding carboxylic acids is 1. The van der Waals surface area contributed by atoms with Crippen LogP contribution in [-0.2, 0) is 11.3 Å². The number of rotatable bonds is 3. The third-order valence-corrected chi connectivity index (χ3v) is 6.88. The van der Waals surface area contributed by atoms with E-state index in [0.717, 1.165) is 5.56 Å². The van der Waals surface area contributed by atoms with E-state index in [1.807, 2.05) is 30.3 Å². The quantitative estimate of drug-likeness (QED) is 0.704. The van der Waals surface area contributed by atoms with Crippen LogP contribution in [0.5, 0.6) is 11.5 Å². The van der Waals surface area contributed by atoms with Crippen LogP contribution in [0.1, 0.15) is 17.0 Å². The summed E-state index contributed by atoms with van der Waals surface area (Å²) in [5.74, 6) is -0.271. The van der Waals surface area contributed by atoms with Gasteiger partial charge < -0.3 is 24.8 Å². The smallest absolute Gasteiger partial charge is 0.410 e. The Morgan fingerprint density at radius 3 is 2.58 bits per heavy atom. The highest BCUT2D eigenvalue weighted by Crippen LogP contribution is 2.55. The summed E-state index contributed by atoms with van der Waals surface area (Å²) in [6, 6.07) is 20.8. The topological polar surface area (TPSA) is 145 Å². The van der Waals surface area contributed by atoms with E-state index in [1.165, 1.54) is 4.90 Å². The third-order valence-electron chi connectivity index (χ3n) is 6.88. The molecule has 2 aromatic carbocycles. The summed E-state index contributed by atoms with van der Waals surface area (Å²) in [4.78, 5) is 14.5. The Labute approximate surface area is 207 Å². The van der Waals surface area contributed by atoms with Crippen LogP contribution in [0.4, 0.5) is 4.79 Å². The van der Waals surface area contributed by atoms with E-state index in [1.54, 1.807) is 24.3 Å². The molecule has 178 valence electrons. The molecule has 0 aromatic heterocycles. The molecule has 2 N–H and O–H groups in total. The number of hydrogen-bond donors (Lipinski definition) is 1. The average Bonchev–Trinajstić information content (AvgIpc) is 3.39. The number of nitriles is 3. The lowest BCUT2D eigenvalue weighted by molar-refractivity contribution is 0.0898. The summed E-state index contributed by atoms with van der Waals surface area (Å²) in [7, 11) is 0. The van der Waals surface area contributed by atoms with Crippen LogP contribution in [0.25, 0.3) is 0 Å². The van der Waals surface area contributed by atoms with Crippen molar-refractivity contribution >= 4 is 6.09 Å². The molecule has 1 amide bonds. The lowest BCUT2D eigenvalue weighted by Crippen LogP contribution is -2.49. The lowest BCUT2D eigenvalue weighted by atomic mass is 9.58. The molecule has 0 spiro atoms. The van der Waals surface area contributed by atoms with Crippen molar-refractivity contribution < 1.29 is 19.0 Å². The van der Waals surface area contributed by atoms with Crippen LogP contribution in [-0.4, -0.2) is 30.9 Å². The molecule has 2 heterocycles. The Bertz CT molecular complexity index is 1400. The number of ether oxygens (including phenoxy) is 3. The van der Waals surface area contributed by atoms with Gasteiger partial charge in [-0.05, 0) is 28.8 Å². The van der Waals surface area contributed by atoms with Crippen molar-refractivity contribution in [3.63, 3.8) is 0 Å². The lowest BCUT2D eigenvalue weighted by Gasteiger charge is -2.45. The second-order valence-corrected chi connectivity index (χ2v) is 8.73. The van der Waals surface area contributed by atoms with Gasteiger partial charge in [-0.3, -0.25) is 0 Å². The Kier molecular flexibility index (Phi) is 5.72. The summed E-state index contributed by atoms with van der Waals surface area (Å²) < 4.78 is 16.4. The zero-order chi connectivity index (χ0) is 25.3. The predicted molar refractivity (Wildman–Crippen MR) is 126 cm³/mol. The van der Waals surface area contributed by atoms with Crippen molar-refractivity contribution in [2.45, 2.75) is 12.5 Å². The van der Waals surface area contributed by atoms with Gasteiger partial charge in [-0.2, -0.15) is 15.8 Å². The highest BCUT2D eigenvalue weighted by Gasteiger charge is 2.55. The Morgan fingerprint density at radius 2 is 1.86 bits per heavy atom. The van der Waals surface area contributed by atoms with Crippen LogP contribution in [0.15, 0.2) is 71.5 Å². The van der Waals surface area contributed by atoms with Crippen molar-refractivity contribution in [2.24, 2.45) is 17.1 Å². The molecule has 0 bridgehead atoms. The maximum atomic E-state index is 13.0. The summed E-state index contributed by atoms with van der Waals surface area (Å²) in [6.07, 6.45) is 1.22. The number of fused-ring (bicyclic) bond motifs is 2. The molecule has 3 aliphatic rings. The zero-order valence-electron chi connectivity index (χ0n) is 19.2. The molecule has 0 saturated carbocycles. The average molecular weight is 479 g/mol. The van der Waals surface area contributed by atoms with Crippen LogP contribution in [0, 0.1) is 45.3 Å². The van der Waals surface area contributed by atoms with Gasteiger partial charge in [0, 0.05) is 24.9 Å².